The highest BCUT2D eigenvalue weighted by molar-refractivity contribution is 6.77. The van der Waals surface area contributed by atoms with E-state index in [1.54, 1.807) is 0 Å². The van der Waals surface area contributed by atoms with Gasteiger partial charge in [0.15, 0.2) is 0 Å². The van der Waals surface area contributed by atoms with Crippen LogP contribution in [0.15, 0.2) is 30.3 Å². The quantitative estimate of drug-likeness (QED) is 0.345. The van der Waals surface area contributed by atoms with Crippen molar-refractivity contribution in [3.8, 4) is 0 Å². The van der Waals surface area contributed by atoms with Crippen molar-refractivity contribution < 1.29 is 9.53 Å². The van der Waals surface area contributed by atoms with Gasteiger partial charge >= 0.3 is 5.97 Å². The first-order chi connectivity index (χ1) is 11.0. The maximum absolute atomic E-state index is 12.1. The van der Waals surface area contributed by atoms with Crippen LogP contribution < -0.4 is 0 Å². The summed E-state index contributed by atoms with van der Waals surface area (Å²) >= 11 is 0. The largest absolute Gasteiger partial charge is 0.462 e. The third kappa shape index (κ3) is 6.13. The van der Waals surface area contributed by atoms with Gasteiger partial charge in [-0.05, 0) is 24.9 Å². The second-order valence-corrected chi connectivity index (χ2v) is 13.0. The molecule has 0 N–H and O–H groups in total. The van der Waals surface area contributed by atoms with Crippen molar-refractivity contribution in [3.05, 3.63) is 35.9 Å². The van der Waals surface area contributed by atoms with E-state index in [4.69, 9.17) is 4.74 Å². The fourth-order valence-corrected chi connectivity index (χ4v) is 6.71. The molecule has 0 aliphatic carbocycles. The molecule has 0 spiro atoms. The van der Waals surface area contributed by atoms with E-state index in [0.717, 1.165) is 18.9 Å². The van der Waals surface area contributed by atoms with Crippen LogP contribution in [-0.4, -0.2) is 20.1 Å². The Kier molecular flexibility index (Phi) is 6.88. The number of carbonyl (C=O) groups excluding carboxylic acids is 1. The number of benzene rings is 1. The van der Waals surface area contributed by atoms with Crippen LogP contribution in [0.25, 0.3) is 0 Å². The standard InChI is InChI=1S/C20H32O2Si/c1-4-5-6-10-13-18-14-19(22-20(18)21)16-23(2,3)15-17-11-8-7-9-12-17/h7-9,11-12,18-19H,4-6,10,13-16H2,1-3H3/t18-,19-/m1/s1. The number of ether oxygens (including phenoxy) is 1. The molecule has 1 saturated heterocycles. The summed E-state index contributed by atoms with van der Waals surface area (Å²) in [5.74, 6) is 0.231. The minimum Gasteiger partial charge on any atom is -0.462 e. The van der Waals surface area contributed by atoms with Gasteiger partial charge in [0, 0.05) is 0 Å². The Morgan fingerprint density at radius 2 is 1.87 bits per heavy atom. The number of cyclic esters (lactones) is 1. The van der Waals surface area contributed by atoms with E-state index in [1.807, 2.05) is 0 Å². The second kappa shape index (κ2) is 8.67. The normalized spacial score (nSPS) is 21.4. The Bertz CT molecular complexity index is 484. The summed E-state index contributed by atoms with van der Waals surface area (Å²) in [4.78, 5) is 12.1. The number of carbonyl (C=O) groups is 1. The molecule has 1 aromatic carbocycles. The Hall–Kier alpha value is -1.09. The van der Waals surface area contributed by atoms with Crippen LogP contribution in [0.2, 0.25) is 19.1 Å². The van der Waals surface area contributed by atoms with Crippen molar-refractivity contribution in [2.75, 3.05) is 0 Å². The monoisotopic (exact) mass is 332 g/mol. The molecular weight excluding hydrogens is 300 g/mol. The molecule has 2 atom stereocenters. The zero-order valence-corrected chi connectivity index (χ0v) is 16.0. The van der Waals surface area contributed by atoms with Crippen LogP contribution in [0.4, 0.5) is 0 Å². The van der Waals surface area contributed by atoms with Gasteiger partial charge in [-0.25, -0.2) is 0 Å². The third-order valence-electron chi connectivity index (χ3n) is 4.88. The van der Waals surface area contributed by atoms with Gasteiger partial charge in [-0.15, -0.1) is 0 Å². The van der Waals surface area contributed by atoms with Gasteiger partial charge in [-0.1, -0.05) is 81.6 Å². The highest BCUT2D eigenvalue weighted by Crippen LogP contribution is 2.32. The van der Waals surface area contributed by atoms with Crippen molar-refractivity contribution >= 4 is 14.0 Å². The molecule has 0 aromatic heterocycles. The molecule has 0 unspecified atom stereocenters. The lowest BCUT2D eigenvalue weighted by molar-refractivity contribution is -0.144. The topological polar surface area (TPSA) is 26.3 Å². The molecule has 128 valence electrons. The number of hydrogen-bond acceptors (Lipinski definition) is 2. The van der Waals surface area contributed by atoms with Gasteiger partial charge in [-0.3, -0.25) is 4.79 Å². The van der Waals surface area contributed by atoms with E-state index in [9.17, 15) is 4.79 Å². The van der Waals surface area contributed by atoms with Crippen LogP contribution in [0, 0.1) is 5.92 Å². The Labute approximate surface area is 142 Å². The van der Waals surface area contributed by atoms with Crippen LogP contribution in [0.1, 0.15) is 51.0 Å². The van der Waals surface area contributed by atoms with Crippen molar-refractivity contribution in [3.63, 3.8) is 0 Å². The van der Waals surface area contributed by atoms with E-state index in [2.05, 4.69) is 50.3 Å². The first kappa shape index (κ1) is 18.2. The lowest BCUT2D eigenvalue weighted by Crippen LogP contribution is -2.33. The fourth-order valence-electron chi connectivity index (χ4n) is 3.74. The van der Waals surface area contributed by atoms with Crippen molar-refractivity contribution in [2.45, 2.75) is 76.7 Å². The predicted molar refractivity (Wildman–Crippen MR) is 99.2 cm³/mol. The molecule has 1 aliphatic heterocycles. The Morgan fingerprint density at radius 3 is 2.57 bits per heavy atom. The minimum atomic E-state index is -1.39. The summed E-state index contributed by atoms with van der Waals surface area (Å²) in [5, 5.41) is 0. The van der Waals surface area contributed by atoms with E-state index < -0.39 is 8.07 Å². The molecule has 1 aromatic rings. The van der Waals surface area contributed by atoms with Crippen LogP contribution in [-0.2, 0) is 15.6 Å². The van der Waals surface area contributed by atoms with E-state index in [1.165, 1.54) is 37.3 Å². The zero-order valence-electron chi connectivity index (χ0n) is 15.0. The van der Waals surface area contributed by atoms with E-state index in [-0.39, 0.29) is 18.0 Å². The van der Waals surface area contributed by atoms with Crippen molar-refractivity contribution in [1.29, 1.82) is 0 Å². The van der Waals surface area contributed by atoms with Gasteiger partial charge < -0.3 is 4.74 Å². The lowest BCUT2D eigenvalue weighted by Gasteiger charge is -2.25. The maximum atomic E-state index is 12.1. The van der Waals surface area contributed by atoms with Gasteiger partial charge in [0.1, 0.15) is 6.10 Å². The number of rotatable bonds is 9. The molecule has 0 amide bonds. The highest BCUT2D eigenvalue weighted by Gasteiger charge is 2.37. The molecule has 1 aliphatic rings. The molecule has 0 bridgehead atoms. The van der Waals surface area contributed by atoms with E-state index in [0.29, 0.717) is 0 Å². The predicted octanol–water partition coefficient (Wildman–Crippen LogP) is 5.38. The molecule has 3 heteroatoms. The first-order valence-electron chi connectivity index (χ1n) is 9.24. The third-order valence-corrected chi connectivity index (χ3v) is 7.80. The summed E-state index contributed by atoms with van der Waals surface area (Å²) < 4.78 is 5.70. The fraction of sp³-hybridized carbons (Fsp3) is 0.650. The SMILES string of the molecule is CCCCCC[C@@H]1C[C@H](C[Si](C)(C)Cc2ccccc2)OC1=O. The molecule has 2 rings (SSSR count). The highest BCUT2D eigenvalue weighted by atomic mass is 28.3. The Balaban J connectivity index is 1.80. The summed E-state index contributed by atoms with van der Waals surface area (Å²) in [6, 6.07) is 13.0. The molecule has 1 heterocycles. The molecule has 0 radical (unpaired) electrons. The summed E-state index contributed by atoms with van der Waals surface area (Å²) in [7, 11) is -1.39. The smallest absolute Gasteiger partial charge is 0.309 e. The zero-order chi connectivity index (χ0) is 16.7. The first-order valence-corrected chi connectivity index (χ1v) is 12.7. The van der Waals surface area contributed by atoms with Gasteiger partial charge in [0.25, 0.3) is 0 Å². The molecule has 2 nitrogen and oxygen atoms in total. The maximum Gasteiger partial charge on any atom is 0.309 e. The average molecular weight is 333 g/mol. The average Bonchev–Trinajstić information content (AvgIpc) is 2.83. The van der Waals surface area contributed by atoms with Crippen LogP contribution in [0.3, 0.4) is 0 Å². The minimum absolute atomic E-state index is 0.0657. The molecule has 0 saturated carbocycles. The van der Waals surface area contributed by atoms with Crippen molar-refractivity contribution in [2.24, 2.45) is 5.92 Å². The summed E-state index contributed by atoms with van der Waals surface area (Å²) in [6.45, 7) is 7.06. The van der Waals surface area contributed by atoms with Crippen molar-refractivity contribution in [1.82, 2.24) is 0 Å². The van der Waals surface area contributed by atoms with Crippen LogP contribution >= 0.6 is 0 Å². The number of unbranched alkanes of at least 4 members (excludes halogenated alkanes) is 3. The van der Waals surface area contributed by atoms with Gasteiger partial charge in [-0.2, -0.15) is 0 Å². The van der Waals surface area contributed by atoms with Gasteiger partial charge in [0.2, 0.25) is 0 Å². The molecular formula is C20H32O2Si. The Morgan fingerprint density at radius 1 is 1.13 bits per heavy atom. The molecule has 1 fully saturated rings. The van der Waals surface area contributed by atoms with Crippen LogP contribution in [0.5, 0.6) is 0 Å². The van der Waals surface area contributed by atoms with E-state index >= 15 is 0 Å². The number of esters is 1. The second-order valence-electron chi connectivity index (χ2n) is 7.87. The van der Waals surface area contributed by atoms with Gasteiger partial charge in [0.05, 0.1) is 14.0 Å². The lowest BCUT2D eigenvalue weighted by atomic mass is 9.98. The number of hydrogen-bond donors (Lipinski definition) is 0. The summed E-state index contributed by atoms with van der Waals surface area (Å²) in [5.41, 5.74) is 1.42. The molecule has 23 heavy (non-hydrogen) atoms. The summed E-state index contributed by atoms with van der Waals surface area (Å²) in [6.07, 6.45) is 7.10.